The van der Waals surface area contributed by atoms with E-state index in [1.165, 1.54) is 12.3 Å². The van der Waals surface area contributed by atoms with Gasteiger partial charge in [-0.15, -0.1) is 0 Å². The molecule has 0 aliphatic carbocycles. The highest BCUT2D eigenvalue weighted by Gasteiger charge is 2.02. The zero-order valence-electron chi connectivity index (χ0n) is 7.68. The number of halogens is 1. The second kappa shape index (κ2) is 3.84. The van der Waals surface area contributed by atoms with Crippen LogP contribution in [0.2, 0.25) is 0 Å². The van der Waals surface area contributed by atoms with Crippen LogP contribution in [-0.4, -0.2) is 9.97 Å². The van der Waals surface area contributed by atoms with Crippen molar-refractivity contribution in [3.63, 3.8) is 0 Å². The van der Waals surface area contributed by atoms with Gasteiger partial charge in [-0.05, 0) is 18.2 Å². The minimum absolute atomic E-state index is 0.429. The molecule has 2 aromatic heterocycles. The average molecular weight is 199 g/mol. The van der Waals surface area contributed by atoms with Crippen molar-refractivity contribution in [3.05, 3.63) is 48.2 Å². The molecule has 2 aromatic rings. The smallest absolute Gasteiger partial charge is 0.213 e. The average Bonchev–Trinajstić information content (AvgIpc) is 2.29. The normalized spacial score (nSPS) is 9.60. The van der Waals surface area contributed by atoms with Crippen LogP contribution in [0.15, 0.2) is 36.7 Å². The first-order valence-electron chi connectivity index (χ1n) is 4.27. The van der Waals surface area contributed by atoms with Gasteiger partial charge in [-0.25, -0.2) is 4.98 Å². The summed E-state index contributed by atoms with van der Waals surface area (Å²) in [7, 11) is 0. The molecule has 2 heterocycles. The van der Waals surface area contributed by atoms with E-state index in [-0.39, 0.29) is 0 Å². The Balaban J connectivity index is 2.50. The van der Waals surface area contributed by atoms with E-state index in [1.807, 2.05) is 6.07 Å². The van der Waals surface area contributed by atoms with E-state index in [0.29, 0.717) is 16.8 Å². The molecule has 72 valence electrons. The first kappa shape index (κ1) is 9.28. The van der Waals surface area contributed by atoms with Gasteiger partial charge in [0.15, 0.2) is 0 Å². The van der Waals surface area contributed by atoms with Crippen molar-refractivity contribution in [1.29, 1.82) is 5.26 Å². The fraction of sp³-hybridized carbons (Fsp3) is 0. The third kappa shape index (κ3) is 1.97. The third-order valence-corrected chi connectivity index (χ3v) is 1.88. The van der Waals surface area contributed by atoms with Crippen LogP contribution < -0.4 is 0 Å². The fourth-order valence-corrected chi connectivity index (χ4v) is 1.21. The summed E-state index contributed by atoms with van der Waals surface area (Å²) in [6.45, 7) is 0. The topological polar surface area (TPSA) is 49.6 Å². The number of hydrogen-bond donors (Lipinski definition) is 0. The van der Waals surface area contributed by atoms with Crippen molar-refractivity contribution in [1.82, 2.24) is 9.97 Å². The van der Waals surface area contributed by atoms with Crippen LogP contribution in [0.25, 0.3) is 11.3 Å². The Labute approximate surface area is 85.9 Å². The van der Waals surface area contributed by atoms with E-state index in [0.717, 1.165) is 0 Å². The summed E-state index contributed by atoms with van der Waals surface area (Å²) < 4.78 is 12.8. The van der Waals surface area contributed by atoms with Crippen LogP contribution in [0, 0.1) is 17.3 Å². The van der Waals surface area contributed by atoms with Gasteiger partial charge in [-0.1, -0.05) is 6.07 Å². The molecular weight excluding hydrogens is 193 g/mol. The zero-order valence-corrected chi connectivity index (χ0v) is 7.68. The van der Waals surface area contributed by atoms with Crippen molar-refractivity contribution in [2.45, 2.75) is 0 Å². The molecule has 0 aromatic carbocycles. The highest BCUT2D eigenvalue weighted by atomic mass is 19.1. The Morgan fingerprint density at radius 1 is 1.27 bits per heavy atom. The second-order valence-electron chi connectivity index (χ2n) is 2.92. The summed E-state index contributed by atoms with van der Waals surface area (Å²) >= 11 is 0. The summed E-state index contributed by atoms with van der Waals surface area (Å²) in [5.41, 5.74) is 1.53. The first-order valence-corrected chi connectivity index (χ1v) is 4.27. The molecule has 0 saturated carbocycles. The second-order valence-corrected chi connectivity index (χ2v) is 2.92. The molecule has 0 fully saturated rings. The lowest BCUT2D eigenvalue weighted by atomic mass is 10.1. The molecule has 0 aliphatic rings. The van der Waals surface area contributed by atoms with Gasteiger partial charge < -0.3 is 0 Å². The molecular formula is C11H6FN3. The van der Waals surface area contributed by atoms with E-state index in [1.54, 1.807) is 24.4 Å². The van der Waals surface area contributed by atoms with Crippen LogP contribution in [0.5, 0.6) is 0 Å². The van der Waals surface area contributed by atoms with Gasteiger partial charge in [0, 0.05) is 18.0 Å². The molecule has 0 radical (unpaired) electrons. The van der Waals surface area contributed by atoms with Crippen LogP contribution in [-0.2, 0) is 0 Å². The van der Waals surface area contributed by atoms with Crippen LogP contribution in [0.4, 0.5) is 4.39 Å². The Bertz CT molecular complexity index is 531. The molecule has 0 spiro atoms. The van der Waals surface area contributed by atoms with Gasteiger partial charge in [-0.2, -0.15) is 9.65 Å². The quantitative estimate of drug-likeness (QED) is 0.661. The Kier molecular flexibility index (Phi) is 2.38. The monoisotopic (exact) mass is 199 g/mol. The van der Waals surface area contributed by atoms with E-state index in [2.05, 4.69) is 9.97 Å². The molecule has 3 nitrogen and oxygen atoms in total. The predicted octanol–water partition coefficient (Wildman–Crippen LogP) is 2.15. The molecule has 0 atom stereocenters. The zero-order chi connectivity index (χ0) is 10.7. The Morgan fingerprint density at radius 3 is 2.87 bits per heavy atom. The molecule has 15 heavy (non-hydrogen) atoms. The fourth-order valence-electron chi connectivity index (χ4n) is 1.21. The van der Waals surface area contributed by atoms with Crippen molar-refractivity contribution in [3.8, 4) is 17.3 Å². The molecule has 0 bridgehead atoms. The summed E-state index contributed by atoms with van der Waals surface area (Å²) in [5.74, 6) is -0.546. The predicted molar refractivity (Wildman–Crippen MR) is 52.1 cm³/mol. The standard InChI is InChI=1S/C11H6FN3/c12-11-3-1-2-10(15-11)9-4-8(5-13)6-14-7-9/h1-4,6-7H. The third-order valence-electron chi connectivity index (χ3n) is 1.88. The molecule has 0 N–H and O–H groups in total. The van der Waals surface area contributed by atoms with Gasteiger partial charge in [0.2, 0.25) is 5.95 Å². The van der Waals surface area contributed by atoms with Crippen LogP contribution in [0.3, 0.4) is 0 Å². The molecule has 0 unspecified atom stereocenters. The molecule has 0 amide bonds. The van der Waals surface area contributed by atoms with Gasteiger partial charge in [-0.3, -0.25) is 4.98 Å². The summed E-state index contributed by atoms with van der Waals surface area (Å²) in [5, 5.41) is 8.68. The van der Waals surface area contributed by atoms with Crippen molar-refractivity contribution >= 4 is 0 Å². The van der Waals surface area contributed by atoms with E-state index in [4.69, 9.17) is 5.26 Å². The summed E-state index contributed by atoms with van der Waals surface area (Å²) in [4.78, 5) is 7.58. The van der Waals surface area contributed by atoms with E-state index >= 15 is 0 Å². The molecule has 0 aliphatic heterocycles. The molecule has 0 saturated heterocycles. The van der Waals surface area contributed by atoms with Gasteiger partial charge in [0.25, 0.3) is 0 Å². The van der Waals surface area contributed by atoms with Crippen molar-refractivity contribution in [2.24, 2.45) is 0 Å². The Hall–Kier alpha value is -2.28. The lowest BCUT2D eigenvalue weighted by Crippen LogP contribution is -1.88. The number of rotatable bonds is 1. The summed E-state index contributed by atoms with van der Waals surface area (Å²) in [6, 6.07) is 8.09. The molecule has 2 rings (SSSR count). The summed E-state index contributed by atoms with van der Waals surface area (Å²) in [6.07, 6.45) is 2.99. The molecule has 4 heteroatoms. The van der Waals surface area contributed by atoms with Crippen LogP contribution in [0.1, 0.15) is 5.56 Å². The van der Waals surface area contributed by atoms with Crippen molar-refractivity contribution < 1.29 is 4.39 Å². The van der Waals surface area contributed by atoms with E-state index < -0.39 is 5.95 Å². The number of hydrogen-bond acceptors (Lipinski definition) is 3. The largest absolute Gasteiger partial charge is 0.263 e. The van der Waals surface area contributed by atoms with Crippen molar-refractivity contribution in [2.75, 3.05) is 0 Å². The lowest BCUT2D eigenvalue weighted by Gasteiger charge is -1.99. The number of nitriles is 1. The lowest BCUT2D eigenvalue weighted by molar-refractivity contribution is 0.585. The van der Waals surface area contributed by atoms with Gasteiger partial charge in [0.05, 0.1) is 11.3 Å². The Morgan fingerprint density at radius 2 is 2.13 bits per heavy atom. The van der Waals surface area contributed by atoms with Gasteiger partial charge >= 0.3 is 0 Å². The highest BCUT2D eigenvalue weighted by Crippen LogP contribution is 2.16. The minimum Gasteiger partial charge on any atom is -0.263 e. The maximum absolute atomic E-state index is 12.8. The number of aromatic nitrogens is 2. The highest BCUT2D eigenvalue weighted by molar-refractivity contribution is 5.59. The SMILES string of the molecule is N#Cc1cncc(-c2cccc(F)n2)c1. The number of nitrogens with zero attached hydrogens (tertiary/aromatic N) is 3. The minimum atomic E-state index is -0.546. The van der Waals surface area contributed by atoms with Gasteiger partial charge in [0.1, 0.15) is 6.07 Å². The first-order chi connectivity index (χ1) is 7.29. The number of pyridine rings is 2. The maximum atomic E-state index is 12.8. The maximum Gasteiger partial charge on any atom is 0.213 e. The van der Waals surface area contributed by atoms with E-state index in [9.17, 15) is 4.39 Å². The van der Waals surface area contributed by atoms with Crippen LogP contribution >= 0.6 is 0 Å².